The summed E-state index contributed by atoms with van der Waals surface area (Å²) in [5, 5.41) is -0.425. The summed E-state index contributed by atoms with van der Waals surface area (Å²) in [6.45, 7) is 3.40. The lowest BCUT2D eigenvalue weighted by Crippen LogP contribution is -2.41. The number of nitrogens with one attached hydrogen (secondary N) is 1. The molecule has 3 rings (SSSR count). The highest BCUT2D eigenvalue weighted by Crippen LogP contribution is 2.31. The number of benzene rings is 2. The Labute approximate surface area is 174 Å². The highest BCUT2D eigenvalue weighted by atomic mass is 32.2. The molecule has 0 aliphatic heterocycles. The predicted molar refractivity (Wildman–Crippen MR) is 117 cm³/mol. The third kappa shape index (κ3) is 5.47. The average Bonchev–Trinajstić information content (AvgIpc) is 3.07. The molecule has 2 aromatic rings. The van der Waals surface area contributed by atoms with Gasteiger partial charge < -0.3 is 0 Å². The van der Waals surface area contributed by atoms with Gasteiger partial charge in [0.2, 0.25) is 10.0 Å². The Morgan fingerprint density at radius 3 is 2.28 bits per heavy atom. The average molecular weight is 436 g/mol. The number of rotatable bonds is 7. The van der Waals surface area contributed by atoms with Gasteiger partial charge in [0.25, 0.3) is 0 Å². The van der Waals surface area contributed by atoms with Crippen LogP contribution >= 0.6 is 0 Å². The lowest BCUT2D eigenvalue weighted by molar-refractivity contribution is 0.440. The zero-order chi connectivity index (χ0) is 21.2. The molecule has 1 aliphatic carbocycles. The van der Waals surface area contributed by atoms with Crippen LogP contribution < -0.4 is 4.72 Å². The van der Waals surface area contributed by atoms with Crippen molar-refractivity contribution in [2.24, 2.45) is 5.92 Å². The third-order valence-corrected chi connectivity index (χ3v) is 8.63. The Bertz CT molecular complexity index is 1060. The van der Waals surface area contributed by atoms with Crippen LogP contribution in [0.3, 0.4) is 0 Å². The zero-order valence-corrected chi connectivity index (χ0v) is 18.8. The number of sulfonamides is 1. The van der Waals surface area contributed by atoms with E-state index in [1.165, 1.54) is 6.26 Å². The third-order valence-electron chi connectivity index (χ3n) is 5.64. The first-order valence-corrected chi connectivity index (χ1v) is 13.4. The van der Waals surface area contributed by atoms with Crippen LogP contribution in [0.2, 0.25) is 0 Å². The van der Waals surface area contributed by atoms with Crippen LogP contribution in [0, 0.1) is 5.92 Å². The van der Waals surface area contributed by atoms with E-state index in [9.17, 15) is 16.8 Å². The van der Waals surface area contributed by atoms with Crippen molar-refractivity contribution in [3.8, 4) is 11.1 Å². The molecule has 2 aromatic carbocycles. The lowest BCUT2D eigenvalue weighted by atomic mass is 9.94. The molecule has 7 heteroatoms. The van der Waals surface area contributed by atoms with Gasteiger partial charge in [-0.3, -0.25) is 0 Å². The molecule has 2 atom stereocenters. The normalized spacial score (nSPS) is 20.3. The fraction of sp³-hybridized carbons (Fsp3) is 0.455. The maximum atomic E-state index is 12.2. The highest BCUT2D eigenvalue weighted by molar-refractivity contribution is 7.90. The van der Waals surface area contributed by atoms with Crippen molar-refractivity contribution in [3.05, 3.63) is 54.1 Å². The fourth-order valence-electron chi connectivity index (χ4n) is 3.83. The van der Waals surface area contributed by atoms with Gasteiger partial charge in [-0.25, -0.2) is 21.6 Å². The van der Waals surface area contributed by atoms with Crippen molar-refractivity contribution in [3.63, 3.8) is 0 Å². The molecule has 158 valence electrons. The van der Waals surface area contributed by atoms with Crippen molar-refractivity contribution < 1.29 is 16.8 Å². The standard InChI is InChI=1S/C22H29NO4S2/c1-16(2)29(26,27)23-22-9-5-7-20(22)14-17-10-12-18(13-11-17)19-6-4-8-21(15-19)28(3,24)25/h4,6,8,10-13,15-16,20,22-23H,5,7,9,14H2,1-3H3/t20-,22-/m1/s1. The maximum absolute atomic E-state index is 12.2. The summed E-state index contributed by atoms with van der Waals surface area (Å²) in [6, 6.07) is 15.0. The van der Waals surface area contributed by atoms with E-state index in [1.54, 1.807) is 32.0 Å². The van der Waals surface area contributed by atoms with Gasteiger partial charge in [-0.2, -0.15) is 0 Å². The highest BCUT2D eigenvalue weighted by Gasteiger charge is 2.31. The van der Waals surface area contributed by atoms with E-state index in [0.29, 0.717) is 10.8 Å². The summed E-state index contributed by atoms with van der Waals surface area (Å²) in [7, 11) is -6.51. The molecule has 1 aliphatic rings. The second-order valence-corrected chi connectivity index (χ2v) is 12.5. The van der Waals surface area contributed by atoms with Gasteiger partial charge in [-0.1, -0.05) is 42.8 Å². The molecule has 1 fully saturated rings. The largest absolute Gasteiger partial charge is 0.224 e. The Balaban J connectivity index is 1.72. The van der Waals surface area contributed by atoms with E-state index in [0.717, 1.165) is 42.4 Å². The summed E-state index contributed by atoms with van der Waals surface area (Å²) in [5.74, 6) is 0.294. The van der Waals surface area contributed by atoms with Gasteiger partial charge in [0.05, 0.1) is 10.1 Å². The van der Waals surface area contributed by atoms with E-state index < -0.39 is 25.1 Å². The maximum Gasteiger partial charge on any atom is 0.214 e. The molecule has 1 N–H and O–H groups in total. The van der Waals surface area contributed by atoms with Crippen LogP contribution in [0.15, 0.2) is 53.4 Å². The Kier molecular flexibility index (Phi) is 6.51. The minimum Gasteiger partial charge on any atom is -0.224 e. The minimum absolute atomic E-state index is 0.00600. The summed E-state index contributed by atoms with van der Waals surface area (Å²) in [4.78, 5) is 0.310. The van der Waals surface area contributed by atoms with Crippen LogP contribution in [0.1, 0.15) is 38.7 Å². The molecular weight excluding hydrogens is 406 g/mol. The smallest absolute Gasteiger partial charge is 0.214 e. The van der Waals surface area contributed by atoms with Gasteiger partial charge in [0.15, 0.2) is 9.84 Å². The second kappa shape index (κ2) is 8.58. The SMILES string of the molecule is CC(C)S(=O)(=O)N[C@@H]1CCC[C@@H]1Cc1ccc(-c2cccc(S(C)(=O)=O)c2)cc1. The molecule has 0 saturated heterocycles. The summed E-state index contributed by atoms with van der Waals surface area (Å²) >= 11 is 0. The molecule has 0 heterocycles. The van der Waals surface area contributed by atoms with E-state index in [2.05, 4.69) is 16.9 Å². The van der Waals surface area contributed by atoms with Crippen LogP contribution in [-0.4, -0.2) is 34.4 Å². The first-order valence-electron chi connectivity index (χ1n) is 9.97. The molecule has 0 unspecified atom stereocenters. The monoisotopic (exact) mass is 435 g/mol. The molecular formula is C22H29NO4S2. The van der Waals surface area contributed by atoms with Crippen LogP contribution in [0.5, 0.6) is 0 Å². The van der Waals surface area contributed by atoms with Crippen molar-refractivity contribution >= 4 is 19.9 Å². The van der Waals surface area contributed by atoms with Gasteiger partial charge >= 0.3 is 0 Å². The molecule has 5 nitrogen and oxygen atoms in total. The molecule has 0 bridgehead atoms. The Morgan fingerprint density at radius 2 is 1.66 bits per heavy atom. The molecule has 0 spiro atoms. The quantitative estimate of drug-likeness (QED) is 0.717. The van der Waals surface area contributed by atoms with Crippen molar-refractivity contribution in [2.45, 2.75) is 55.7 Å². The predicted octanol–water partition coefficient (Wildman–Crippen LogP) is 3.80. The first kappa shape index (κ1) is 22.0. The number of hydrogen-bond acceptors (Lipinski definition) is 4. The van der Waals surface area contributed by atoms with Crippen LogP contribution in [0.4, 0.5) is 0 Å². The Hall–Kier alpha value is -1.70. The van der Waals surface area contributed by atoms with Crippen molar-refractivity contribution in [2.75, 3.05) is 6.26 Å². The van der Waals surface area contributed by atoms with Crippen molar-refractivity contribution in [1.82, 2.24) is 4.72 Å². The molecule has 0 radical (unpaired) electrons. The van der Waals surface area contributed by atoms with E-state index in [-0.39, 0.29) is 6.04 Å². The van der Waals surface area contributed by atoms with Crippen molar-refractivity contribution in [1.29, 1.82) is 0 Å². The first-order chi connectivity index (χ1) is 13.6. The van der Waals surface area contributed by atoms with Gasteiger partial charge in [-0.05, 0) is 67.9 Å². The number of hydrogen-bond donors (Lipinski definition) is 1. The molecule has 0 aromatic heterocycles. The molecule has 1 saturated carbocycles. The summed E-state index contributed by atoms with van der Waals surface area (Å²) in [5.41, 5.74) is 2.99. The van der Waals surface area contributed by atoms with Crippen LogP contribution in [-0.2, 0) is 26.3 Å². The van der Waals surface area contributed by atoms with E-state index in [1.807, 2.05) is 18.2 Å². The molecule has 29 heavy (non-hydrogen) atoms. The fourth-order valence-corrected chi connectivity index (χ4v) is 5.50. The Morgan fingerprint density at radius 1 is 0.966 bits per heavy atom. The van der Waals surface area contributed by atoms with E-state index in [4.69, 9.17) is 0 Å². The summed E-state index contributed by atoms with van der Waals surface area (Å²) < 4.78 is 50.9. The van der Waals surface area contributed by atoms with Gasteiger partial charge in [-0.15, -0.1) is 0 Å². The lowest BCUT2D eigenvalue weighted by Gasteiger charge is -2.22. The summed E-state index contributed by atoms with van der Waals surface area (Å²) in [6.07, 6.45) is 4.97. The second-order valence-electron chi connectivity index (χ2n) is 8.21. The van der Waals surface area contributed by atoms with Gasteiger partial charge in [0, 0.05) is 12.3 Å². The number of sulfone groups is 1. The zero-order valence-electron chi connectivity index (χ0n) is 17.1. The topological polar surface area (TPSA) is 80.3 Å². The molecule has 0 amide bonds. The van der Waals surface area contributed by atoms with E-state index >= 15 is 0 Å². The minimum atomic E-state index is -3.26. The van der Waals surface area contributed by atoms with Gasteiger partial charge in [0.1, 0.15) is 0 Å². The van der Waals surface area contributed by atoms with Crippen LogP contribution in [0.25, 0.3) is 11.1 Å².